The highest BCUT2D eigenvalue weighted by Gasteiger charge is 2.44. The van der Waals surface area contributed by atoms with Gasteiger partial charge in [0.25, 0.3) is 5.91 Å². The number of likely N-dealkylation sites (N-methyl/N-ethyl adjacent to an activating group) is 1. The number of nitrogens with zero attached hydrogens (tertiary/aromatic N) is 2. The molecule has 8 nitrogen and oxygen atoms in total. The van der Waals surface area contributed by atoms with E-state index in [0.29, 0.717) is 33.5 Å². The first-order valence-electron chi connectivity index (χ1n) is 11.4. The predicted molar refractivity (Wildman–Crippen MR) is 138 cm³/mol. The molecule has 0 bridgehead atoms. The molecular formula is C27H24FN3O5S. The van der Waals surface area contributed by atoms with Crippen LogP contribution in [0.25, 0.3) is 10.2 Å². The highest BCUT2D eigenvalue weighted by molar-refractivity contribution is 7.22. The highest BCUT2D eigenvalue weighted by Crippen LogP contribution is 2.46. The van der Waals surface area contributed by atoms with Gasteiger partial charge in [0.05, 0.1) is 43.5 Å². The topological polar surface area (TPSA) is 90.0 Å². The van der Waals surface area contributed by atoms with Gasteiger partial charge in [0, 0.05) is 18.2 Å². The third-order valence-corrected chi connectivity index (χ3v) is 7.44. The van der Waals surface area contributed by atoms with Crippen LogP contribution in [0, 0.1) is 5.82 Å². The number of fused-ring (bicyclic) bond motifs is 2. The molecule has 2 atom stereocenters. The van der Waals surface area contributed by atoms with E-state index in [-0.39, 0.29) is 17.0 Å². The summed E-state index contributed by atoms with van der Waals surface area (Å²) in [6.07, 6.45) is 0. The molecule has 1 aliphatic heterocycles. The summed E-state index contributed by atoms with van der Waals surface area (Å²) >= 11 is 1.29. The fourth-order valence-electron chi connectivity index (χ4n) is 4.70. The third kappa shape index (κ3) is 4.23. The zero-order valence-electron chi connectivity index (χ0n) is 20.6. The molecule has 190 valence electrons. The molecule has 4 aromatic rings. The molecule has 3 aromatic carbocycles. The van der Waals surface area contributed by atoms with Gasteiger partial charge < -0.3 is 24.4 Å². The number of nitrogens with one attached hydrogen (secondary N) is 1. The molecule has 1 N–H and O–H groups in total. The number of hydrogen-bond donors (Lipinski definition) is 1. The van der Waals surface area contributed by atoms with Crippen molar-refractivity contribution in [3.63, 3.8) is 0 Å². The Morgan fingerprint density at radius 3 is 2.43 bits per heavy atom. The summed E-state index contributed by atoms with van der Waals surface area (Å²) in [6, 6.07) is 13.8. The van der Waals surface area contributed by atoms with Crippen molar-refractivity contribution in [3.05, 3.63) is 77.1 Å². The minimum absolute atomic E-state index is 0.230. The maximum atomic E-state index is 15.1. The molecule has 0 fully saturated rings. The van der Waals surface area contributed by atoms with E-state index in [9.17, 15) is 9.59 Å². The van der Waals surface area contributed by atoms with E-state index in [2.05, 4.69) is 10.3 Å². The van der Waals surface area contributed by atoms with Crippen LogP contribution in [0.15, 0.2) is 54.6 Å². The number of methoxy groups -OCH3 is 3. The van der Waals surface area contributed by atoms with Crippen LogP contribution in [0.1, 0.15) is 33.4 Å². The number of hydrogen-bond acceptors (Lipinski definition) is 7. The lowest BCUT2D eigenvalue weighted by molar-refractivity contribution is -0.119. The van der Waals surface area contributed by atoms with E-state index in [1.165, 1.54) is 36.5 Å². The van der Waals surface area contributed by atoms with Crippen molar-refractivity contribution in [2.45, 2.75) is 12.0 Å². The zero-order chi connectivity index (χ0) is 26.3. The monoisotopic (exact) mass is 521 g/mol. The fraction of sp³-hybridized carbons (Fsp3) is 0.222. The Morgan fingerprint density at radius 2 is 1.73 bits per heavy atom. The van der Waals surface area contributed by atoms with Crippen LogP contribution in [-0.2, 0) is 4.79 Å². The van der Waals surface area contributed by atoms with E-state index < -0.39 is 23.7 Å². The van der Waals surface area contributed by atoms with Crippen molar-refractivity contribution in [2.75, 3.05) is 33.7 Å². The minimum atomic E-state index is -0.962. The summed E-state index contributed by atoms with van der Waals surface area (Å²) in [4.78, 5) is 33.3. The standard InChI is InChI=1S/C27H24FN3O5S/c1-31-24(15-7-5-6-8-18(15)28)23(16-12-20(35-3)21(36-4)13-17(16)26(31)33)25(32)30-27-29-19-10-9-14(34-2)11-22(19)37-27/h5-13,23-24H,1-4H3,(H,29,30,32)/t23-,24+/m1/s1. The van der Waals surface area contributed by atoms with Crippen LogP contribution < -0.4 is 19.5 Å². The van der Waals surface area contributed by atoms with Crippen LogP contribution in [0.4, 0.5) is 9.52 Å². The number of carbonyl (C=O) groups is 2. The van der Waals surface area contributed by atoms with Gasteiger partial charge in [-0.1, -0.05) is 29.5 Å². The maximum absolute atomic E-state index is 15.1. The molecule has 2 amide bonds. The third-order valence-electron chi connectivity index (χ3n) is 6.51. The Hall–Kier alpha value is -4.18. The van der Waals surface area contributed by atoms with Crippen LogP contribution in [-0.4, -0.2) is 50.1 Å². The second-order valence-corrected chi connectivity index (χ2v) is 9.53. The van der Waals surface area contributed by atoms with Gasteiger partial charge in [-0.25, -0.2) is 9.37 Å². The Kier molecular flexibility index (Phi) is 6.43. The number of thiazole rings is 1. The van der Waals surface area contributed by atoms with Crippen molar-refractivity contribution >= 4 is 38.5 Å². The average Bonchev–Trinajstić information content (AvgIpc) is 3.31. The molecule has 0 aliphatic carbocycles. The van der Waals surface area contributed by atoms with Crippen LogP contribution in [0.3, 0.4) is 0 Å². The van der Waals surface area contributed by atoms with Crippen molar-refractivity contribution in [1.29, 1.82) is 0 Å². The summed E-state index contributed by atoms with van der Waals surface area (Å²) in [6.45, 7) is 0. The molecule has 1 aliphatic rings. The Morgan fingerprint density at radius 1 is 1.00 bits per heavy atom. The molecule has 37 heavy (non-hydrogen) atoms. The fourth-order valence-corrected chi connectivity index (χ4v) is 5.60. The number of carbonyl (C=O) groups excluding carboxylic acids is 2. The summed E-state index contributed by atoms with van der Waals surface area (Å²) in [5, 5.41) is 3.27. The van der Waals surface area contributed by atoms with Gasteiger partial charge in [0.2, 0.25) is 5.91 Å². The van der Waals surface area contributed by atoms with Gasteiger partial charge >= 0.3 is 0 Å². The molecule has 0 unspecified atom stereocenters. The minimum Gasteiger partial charge on any atom is -0.497 e. The Labute approximate surface area is 216 Å². The first-order chi connectivity index (χ1) is 17.9. The molecule has 10 heteroatoms. The van der Waals surface area contributed by atoms with Crippen LogP contribution in [0.5, 0.6) is 17.2 Å². The zero-order valence-corrected chi connectivity index (χ0v) is 21.4. The largest absolute Gasteiger partial charge is 0.497 e. The van der Waals surface area contributed by atoms with Crippen molar-refractivity contribution in [2.24, 2.45) is 0 Å². The smallest absolute Gasteiger partial charge is 0.254 e. The van der Waals surface area contributed by atoms with Gasteiger partial charge in [0.1, 0.15) is 11.6 Å². The predicted octanol–water partition coefficient (Wildman–Crippen LogP) is 5.01. The van der Waals surface area contributed by atoms with Gasteiger partial charge in [-0.15, -0.1) is 0 Å². The number of aromatic nitrogens is 1. The summed E-state index contributed by atoms with van der Waals surface area (Å²) in [7, 11) is 6.08. The second-order valence-electron chi connectivity index (χ2n) is 8.50. The van der Waals surface area contributed by atoms with Gasteiger partial charge in [0.15, 0.2) is 16.6 Å². The Balaban J connectivity index is 1.64. The van der Waals surface area contributed by atoms with Gasteiger partial charge in [-0.2, -0.15) is 0 Å². The molecule has 1 aromatic heterocycles. The molecule has 2 heterocycles. The number of rotatable bonds is 6. The number of anilines is 1. The Bertz CT molecular complexity index is 1520. The van der Waals surface area contributed by atoms with Crippen molar-refractivity contribution < 1.29 is 28.2 Å². The average molecular weight is 522 g/mol. The molecular weight excluding hydrogens is 497 g/mol. The first kappa shape index (κ1) is 24.5. The quantitative estimate of drug-likeness (QED) is 0.384. The van der Waals surface area contributed by atoms with E-state index >= 15 is 4.39 Å². The number of amides is 2. The van der Waals surface area contributed by atoms with E-state index in [1.54, 1.807) is 50.6 Å². The molecule has 0 spiro atoms. The number of ether oxygens (including phenoxy) is 3. The molecule has 0 saturated heterocycles. The number of halogens is 1. The molecule has 0 radical (unpaired) electrons. The molecule has 5 rings (SSSR count). The van der Waals surface area contributed by atoms with Crippen molar-refractivity contribution in [3.8, 4) is 17.2 Å². The first-order valence-corrected chi connectivity index (χ1v) is 12.2. The van der Waals surface area contributed by atoms with Gasteiger partial charge in [-0.05, 0) is 42.0 Å². The molecule has 0 saturated carbocycles. The summed E-state index contributed by atoms with van der Waals surface area (Å²) in [5.41, 5.74) is 1.62. The van der Waals surface area contributed by atoms with E-state index in [1.807, 2.05) is 12.1 Å². The lowest BCUT2D eigenvalue weighted by Gasteiger charge is -2.40. The van der Waals surface area contributed by atoms with E-state index in [4.69, 9.17) is 14.2 Å². The lowest BCUT2D eigenvalue weighted by atomic mass is 9.79. The summed E-state index contributed by atoms with van der Waals surface area (Å²) < 4.78 is 32.0. The maximum Gasteiger partial charge on any atom is 0.254 e. The second kappa shape index (κ2) is 9.70. The lowest BCUT2D eigenvalue weighted by Crippen LogP contribution is -2.44. The highest BCUT2D eigenvalue weighted by atomic mass is 32.1. The van der Waals surface area contributed by atoms with Crippen LogP contribution >= 0.6 is 11.3 Å². The van der Waals surface area contributed by atoms with Gasteiger partial charge in [-0.3, -0.25) is 9.59 Å². The SMILES string of the molecule is COc1ccc2nc(NC(=O)[C@@H]3c4cc(OC)c(OC)cc4C(=O)N(C)[C@H]3c3ccccc3F)sc2c1. The van der Waals surface area contributed by atoms with E-state index in [0.717, 1.165) is 4.70 Å². The number of benzene rings is 3. The van der Waals surface area contributed by atoms with Crippen LogP contribution in [0.2, 0.25) is 0 Å². The van der Waals surface area contributed by atoms with Crippen molar-refractivity contribution in [1.82, 2.24) is 9.88 Å². The summed E-state index contributed by atoms with van der Waals surface area (Å²) in [5.74, 6) is -0.886. The normalized spacial score (nSPS) is 16.9.